The molecule has 18 heteroatoms. The molecule has 2 aromatic heterocycles. The van der Waals surface area contributed by atoms with Gasteiger partial charge in [-0.05, 0) is 130 Å². The Morgan fingerprint density at radius 1 is 0.944 bits per heavy atom. The standard InChI is InChI=1S/C54H66N8O9S/c1-34(2)40-6-4-5-7-41(40)48-30-70-25-23-60(48)37-14-20-54(21-15-37)32-59(33-54)38-8-10-42(45(27-38)61-44-17-24-69-31-49(44)71-52-47(61)26-36-16-22-55-50(36)57-52)51(63)58-72(67,68)39-9-11-43(46(28-39)62(65)66)56-29-35-12-18-53(3,64)19-13-35/h4-11,16,22,26-28,34-35,37,44,48-49,56,64H,12-15,17-21,23-25,29-33H2,1-3H3,(H,55,57)(H,58,63)/t35?,44-,48-,49-,53?/m0/s1. The molecular weight excluding hydrogens is 937 g/mol. The molecule has 3 aromatic carbocycles. The molecule has 5 aromatic rings. The van der Waals surface area contributed by atoms with Crippen molar-refractivity contribution in [2.24, 2.45) is 11.3 Å². The van der Waals surface area contributed by atoms with E-state index in [2.05, 4.69) is 67.8 Å². The number of sulfonamides is 1. The number of aromatic nitrogens is 2. The predicted octanol–water partition coefficient (Wildman–Crippen LogP) is 8.58. The van der Waals surface area contributed by atoms with Crippen LogP contribution in [0.1, 0.15) is 112 Å². The molecule has 1 spiro atoms. The number of pyridine rings is 1. The maximum Gasteiger partial charge on any atom is 0.293 e. The van der Waals surface area contributed by atoms with Crippen LogP contribution < -0.4 is 24.6 Å². The van der Waals surface area contributed by atoms with E-state index in [4.69, 9.17) is 19.2 Å². The number of H-pyrrole nitrogens is 1. The van der Waals surface area contributed by atoms with Gasteiger partial charge in [0, 0.05) is 67.6 Å². The van der Waals surface area contributed by atoms with Crippen molar-refractivity contribution in [3.63, 3.8) is 0 Å². The van der Waals surface area contributed by atoms with Gasteiger partial charge in [0.2, 0.25) is 5.88 Å². The van der Waals surface area contributed by atoms with Crippen molar-refractivity contribution in [1.29, 1.82) is 0 Å². The Morgan fingerprint density at radius 3 is 2.50 bits per heavy atom. The van der Waals surface area contributed by atoms with Gasteiger partial charge in [-0.15, -0.1) is 0 Å². The molecule has 5 fully saturated rings. The maximum atomic E-state index is 14.7. The van der Waals surface area contributed by atoms with Crippen LogP contribution in [-0.4, -0.2) is 116 Å². The second-order valence-electron chi connectivity index (χ2n) is 21.8. The van der Waals surface area contributed by atoms with Gasteiger partial charge < -0.3 is 39.4 Å². The minimum absolute atomic E-state index is 0.115. The van der Waals surface area contributed by atoms with E-state index >= 15 is 0 Å². The summed E-state index contributed by atoms with van der Waals surface area (Å²) in [6.07, 6.45) is 9.17. The summed E-state index contributed by atoms with van der Waals surface area (Å²) < 4.78 is 49.2. The van der Waals surface area contributed by atoms with Crippen molar-refractivity contribution in [3.05, 3.63) is 106 Å². The van der Waals surface area contributed by atoms with Gasteiger partial charge in [-0.3, -0.25) is 19.8 Å². The summed E-state index contributed by atoms with van der Waals surface area (Å²) in [5.74, 6) is 0.115. The van der Waals surface area contributed by atoms with Crippen molar-refractivity contribution in [2.75, 3.05) is 67.7 Å². The number of aliphatic hydroxyl groups is 1. The number of morpholine rings is 1. The van der Waals surface area contributed by atoms with Crippen LogP contribution in [0.3, 0.4) is 0 Å². The summed E-state index contributed by atoms with van der Waals surface area (Å²) in [4.78, 5) is 41.2. The molecule has 0 unspecified atom stereocenters. The molecule has 0 radical (unpaired) electrons. The highest BCUT2D eigenvalue weighted by molar-refractivity contribution is 7.90. The lowest BCUT2D eigenvalue weighted by molar-refractivity contribution is -0.384. The number of nitro benzene ring substituents is 1. The molecule has 72 heavy (non-hydrogen) atoms. The highest BCUT2D eigenvalue weighted by atomic mass is 32.2. The number of benzene rings is 3. The van der Waals surface area contributed by atoms with E-state index in [1.165, 1.54) is 23.3 Å². The zero-order valence-corrected chi connectivity index (χ0v) is 42.2. The molecular formula is C54H66N8O9S. The lowest BCUT2D eigenvalue weighted by Crippen LogP contribution is -2.59. The van der Waals surface area contributed by atoms with Crippen LogP contribution in [0.25, 0.3) is 11.0 Å². The van der Waals surface area contributed by atoms with Crippen molar-refractivity contribution in [2.45, 2.75) is 119 Å². The average Bonchev–Trinajstić information content (AvgIpc) is 3.83. The molecule has 2 saturated carbocycles. The Labute approximate surface area is 420 Å². The van der Waals surface area contributed by atoms with Gasteiger partial charge in [0.1, 0.15) is 23.1 Å². The molecule has 6 aliphatic rings. The van der Waals surface area contributed by atoms with Crippen LogP contribution in [0, 0.1) is 21.4 Å². The number of carbonyl (C=O) groups excluding carboxylic acids is 1. The van der Waals surface area contributed by atoms with Gasteiger partial charge in [0.15, 0.2) is 0 Å². The average molecular weight is 1000 g/mol. The fourth-order valence-corrected chi connectivity index (χ4v) is 13.5. The minimum Gasteiger partial charge on any atom is -0.468 e. The number of rotatable bonds is 12. The Kier molecular flexibility index (Phi) is 13.0. The van der Waals surface area contributed by atoms with Crippen LogP contribution in [0.2, 0.25) is 0 Å². The summed E-state index contributed by atoms with van der Waals surface area (Å²) in [6, 6.07) is 22.4. The lowest BCUT2D eigenvalue weighted by Gasteiger charge is -2.56. The molecule has 0 bridgehead atoms. The lowest BCUT2D eigenvalue weighted by atomic mass is 9.67. The molecule has 3 atom stereocenters. The van der Waals surface area contributed by atoms with E-state index in [0.29, 0.717) is 80.5 Å². The second-order valence-corrected chi connectivity index (χ2v) is 23.5. The molecule has 11 rings (SSSR count). The Balaban J connectivity index is 0.863. The number of nitro groups is 1. The Hall–Kier alpha value is -5.79. The van der Waals surface area contributed by atoms with Crippen LogP contribution in [-0.2, 0) is 19.5 Å². The zero-order chi connectivity index (χ0) is 49.9. The number of nitrogens with one attached hydrogen (secondary N) is 3. The van der Waals surface area contributed by atoms with E-state index in [9.17, 15) is 28.4 Å². The topological polar surface area (TPSA) is 205 Å². The molecule has 1 amide bonds. The number of anilines is 4. The van der Waals surface area contributed by atoms with Crippen molar-refractivity contribution < 1.29 is 37.5 Å². The first-order chi connectivity index (χ1) is 34.6. The molecule has 6 heterocycles. The summed E-state index contributed by atoms with van der Waals surface area (Å²) in [5, 5.41) is 26.8. The van der Waals surface area contributed by atoms with E-state index in [0.717, 1.165) is 81.9 Å². The normalized spacial score (nSPS) is 25.6. The number of aromatic amines is 1. The van der Waals surface area contributed by atoms with Gasteiger partial charge >= 0.3 is 0 Å². The third kappa shape index (κ3) is 9.40. The predicted molar refractivity (Wildman–Crippen MR) is 275 cm³/mol. The largest absolute Gasteiger partial charge is 0.468 e. The van der Waals surface area contributed by atoms with Gasteiger partial charge in [0.05, 0.1) is 58.6 Å². The van der Waals surface area contributed by atoms with Gasteiger partial charge in [-0.2, -0.15) is 4.98 Å². The number of amides is 1. The number of nitrogens with zero attached hydrogens (tertiary/aromatic N) is 5. The molecule has 2 aliphatic carbocycles. The molecule has 382 valence electrons. The summed E-state index contributed by atoms with van der Waals surface area (Å²) in [6.45, 7) is 11.6. The third-order valence-corrected chi connectivity index (χ3v) is 17.9. The van der Waals surface area contributed by atoms with Gasteiger partial charge in [-0.1, -0.05) is 38.1 Å². The van der Waals surface area contributed by atoms with Crippen molar-refractivity contribution in [3.8, 4) is 5.88 Å². The van der Waals surface area contributed by atoms with E-state index in [1.807, 2.05) is 37.4 Å². The summed E-state index contributed by atoms with van der Waals surface area (Å²) in [7, 11) is -4.62. The van der Waals surface area contributed by atoms with Crippen LogP contribution in [0.15, 0.2) is 83.9 Å². The zero-order valence-electron chi connectivity index (χ0n) is 41.3. The van der Waals surface area contributed by atoms with Crippen LogP contribution in [0.5, 0.6) is 5.88 Å². The monoisotopic (exact) mass is 1000 g/mol. The SMILES string of the molecule is CC(C)c1ccccc1[C@@H]1COCCN1C1CCC2(CC1)CN(c1ccc(C(=O)NS(=O)(=O)c3ccc(NCC4CCC(C)(O)CC4)c([N+](=O)[O-])c3)c(N3c4cc5cc[nH]c5nc4O[C@H]4COCC[C@@H]43)c1)C2. The number of carbonyl (C=O) groups is 1. The molecule has 4 aliphatic heterocycles. The molecule has 17 nitrogen and oxygen atoms in total. The van der Waals surface area contributed by atoms with Crippen molar-refractivity contribution >= 4 is 55.4 Å². The summed E-state index contributed by atoms with van der Waals surface area (Å²) >= 11 is 0. The van der Waals surface area contributed by atoms with E-state index in [1.54, 1.807) is 6.07 Å². The summed E-state index contributed by atoms with van der Waals surface area (Å²) in [5.41, 5.74) is 4.79. The molecule has 3 saturated heterocycles. The van der Waals surface area contributed by atoms with Gasteiger partial charge in [0.25, 0.3) is 21.6 Å². The maximum absolute atomic E-state index is 14.7. The van der Waals surface area contributed by atoms with Gasteiger partial charge in [-0.25, -0.2) is 13.1 Å². The minimum atomic E-state index is -4.62. The number of ether oxygens (including phenoxy) is 3. The highest BCUT2D eigenvalue weighted by Crippen LogP contribution is 2.50. The van der Waals surface area contributed by atoms with Crippen molar-refractivity contribution in [1.82, 2.24) is 19.6 Å². The highest BCUT2D eigenvalue weighted by Gasteiger charge is 2.48. The second kappa shape index (κ2) is 19.2. The number of fused-ring (bicyclic) bond motifs is 3. The third-order valence-electron chi connectivity index (χ3n) is 16.6. The smallest absolute Gasteiger partial charge is 0.293 e. The Bertz CT molecular complexity index is 2950. The molecule has 4 N–H and O–H groups in total. The Morgan fingerprint density at radius 2 is 1.72 bits per heavy atom. The number of hydrogen-bond donors (Lipinski definition) is 4. The van der Waals surface area contributed by atoms with E-state index < -0.39 is 43.1 Å². The van der Waals surface area contributed by atoms with Crippen LogP contribution in [0.4, 0.5) is 28.4 Å². The quantitative estimate of drug-likeness (QED) is 0.0683. The first-order valence-electron chi connectivity index (χ1n) is 25.8. The number of hydrogen-bond acceptors (Lipinski definition) is 14. The van der Waals surface area contributed by atoms with E-state index in [-0.39, 0.29) is 34.7 Å². The van der Waals surface area contributed by atoms with Crippen LogP contribution >= 0.6 is 0 Å². The first kappa shape index (κ1) is 48.5. The first-order valence-corrected chi connectivity index (χ1v) is 27.3. The fraction of sp³-hybridized carbons (Fsp3) is 0.519. The fourth-order valence-electron chi connectivity index (χ4n) is 12.5.